The van der Waals surface area contributed by atoms with Gasteiger partial charge in [0, 0.05) is 18.2 Å². The fourth-order valence-corrected chi connectivity index (χ4v) is 2.56. The van der Waals surface area contributed by atoms with E-state index < -0.39 is 0 Å². The van der Waals surface area contributed by atoms with Crippen molar-refractivity contribution < 1.29 is 4.79 Å². The van der Waals surface area contributed by atoms with Gasteiger partial charge >= 0.3 is 0 Å². The van der Waals surface area contributed by atoms with E-state index in [1.807, 2.05) is 19.9 Å². The van der Waals surface area contributed by atoms with Crippen molar-refractivity contribution >= 4 is 17.6 Å². The number of nitrogens with two attached hydrogens (primary N) is 1. The number of aliphatic imine (C=N–C) groups is 1. The largest absolute Gasteiger partial charge is 0.370 e. The molecule has 1 unspecified atom stereocenters. The number of carbonyl (C=O) groups excluding carboxylic acids is 1. The van der Waals surface area contributed by atoms with Crippen molar-refractivity contribution in [3.8, 4) is 0 Å². The summed E-state index contributed by atoms with van der Waals surface area (Å²) in [5.74, 6) is 0.373. The second-order valence-electron chi connectivity index (χ2n) is 5.86. The summed E-state index contributed by atoms with van der Waals surface area (Å²) in [5.41, 5.74) is 9.66. The Balaban J connectivity index is 1.79. The van der Waals surface area contributed by atoms with Crippen LogP contribution in [0.25, 0.3) is 0 Å². The van der Waals surface area contributed by atoms with E-state index >= 15 is 0 Å². The summed E-state index contributed by atoms with van der Waals surface area (Å²) >= 11 is 0. The van der Waals surface area contributed by atoms with Gasteiger partial charge in [-0.25, -0.2) is 0 Å². The Morgan fingerprint density at radius 3 is 2.91 bits per heavy atom. The number of guanidine groups is 1. The minimum absolute atomic E-state index is 0.0171. The Labute approximate surface area is 132 Å². The Kier molecular flexibility index (Phi) is 5.81. The maximum Gasteiger partial charge on any atom is 0.222 e. The van der Waals surface area contributed by atoms with Crippen LogP contribution in [0.5, 0.6) is 0 Å². The highest BCUT2D eigenvalue weighted by molar-refractivity contribution is 5.92. The third-order valence-corrected chi connectivity index (χ3v) is 4.01. The summed E-state index contributed by atoms with van der Waals surface area (Å²) in [7, 11) is 0. The number of hydrogen-bond donors (Lipinski definition) is 3. The van der Waals surface area contributed by atoms with Gasteiger partial charge in [0.1, 0.15) is 0 Å². The summed E-state index contributed by atoms with van der Waals surface area (Å²) < 4.78 is 0. The zero-order valence-electron chi connectivity index (χ0n) is 13.5. The van der Waals surface area contributed by atoms with Gasteiger partial charge in [-0.05, 0) is 55.9 Å². The number of fused-ring (bicyclic) bond motifs is 1. The maximum atomic E-state index is 11.6. The lowest BCUT2D eigenvalue weighted by molar-refractivity contribution is -0.121. The minimum Gasteiger partial charge on any atom is -0.370 e. The summed E-state index contributed by atoms with van der Waals surface area (Å²) in [6.45, 7) is 4.43. The van der Waals surface area contributed by atoms with Crippen LogP contribution in [0.4, 0.5) is 5.69 Å². The first kappa shape index (κ1) is 16.3. The van der Waals surface area contributed by atoms with E-state index in [4.69, 9.17) is 5.73 Å². The zero-order valence-corrected chi connectivity index (χ0v) is 13.5. The van der Waals surface area contributed by atoms with Crippen molar-refractivity contribution in [3.05, 3.63) is 29.3 Å². The van der Waals surface area contributed by atoms with Crippen LogP contribution in [0, 0.1) is 0 Å². The molecule has 1 amide bonds. The lowest BCUT2D eigenvalue weighted by Gasteiger charge is -2.10. The molecule has 120 valence electrons. The molecule has 22 heavy (non-hydrogen) atoms. The van der Waals surface area contributed by atoms with Gasteiger partial charge < -0.3 is 16.4 Å². The summed E-state index contributed by atoms with van der Waals surface area (Å²) in [4.78, 5) is 15.8. The second kappa shape index (κ2) is 7.82. The highest BCUT2D eigenvalue weighted by atomic mass is 16.1. The molecule has 0 radical (unpaired) electrons. The van der Waals surface area contributed by atoms with E-state index in [-0.39, 0.29) is 11.9 Å². The Bertz CT molecular complexity index is 554. The van der Waals surface area contributed by atoms with Crippen LogP contribution in [-0.4, -0.2) is 24.5 Å². The van der Waals surface area contributed by atoms with Crippen molar-refractivity contribution in [3.63, 3.8) is 0 Å². The topological polar surface area (TPSA) is 79.5 Å². The molecule has 1 aliphatic rings. The van der Waals surface area contributed by atoms with Gasteiger partial charge in [0.15, 0.2) is 5.96 Å². The number of aryl methyl sites for hydroxylation is 2. The lowest BCUT2D eigenvalue weighted by atomic mass is 10.1. The first-order valence-electron chi connectivity index (χ1n) is 8.06. The average molecular weight is 302 g/mol. The van der Waals surface area contributed by atoms with E-state index in [2.05, 4.69) is 27.8 Å². The zero-order chi connectivity index (χ0) is 15.9. The second-order valence-corrected chi connectivity index (χ2v) is 5.86. The van der Waals surface area contributed by atoms with Gasteiger partial charge in [-0.15, -0.1) is 0 Å². The van der Waals surface area contributed by atoms with E-state index in [1.165, 1.54) is 24.0 Å². The molecule has 2 rings (SSSR count). The Morgan fingerprint density at radius 2 is 2.14 bits per heavy atom. The minimum atomic E-state index is 0.0171. The molecule has 4 N–H and O–H groups in total. The first-order valence-corrected chi connectivity index (χ1v) is 8.06. The SMILES string of the molecule is CCC(C)NC(=O)CCN=C(N)Nc1ccc2c(c1)CCC2. The number of nitrogens with one attached hydrogen (secondary N) is 2. The van der Waals surface area contributed by atoms with Gasteiger partial charge in [0.05, 0.1) is 6.54 Å². The molecular weight excluding hydrogens is 276 g/mol. The van der Waals surface area contributed by atoms with E-state index in [0.717, 1.165) is 18.5 Å². The van der Waals surface area contributed by atoms with Crippen LogP contribution in [-0.2, 0) is 17.6 Å². The van der Waals surface area contributed by atoms with Gasteiger partial charge in [0.25, 0.3) is 0 Å². The predicted molar refractivity (Wildman–Crippen MR) is 91.1 cm³/mol. The van der Waals surface area contributed by atoms with Gasteiger partial charge in [-0.3, -0.25) is 9.79 Å². The normalized spacial score (nSPS) is 15.3. The number of anilines is 1. The smallest absolute Gasteiger partial charge is 0.222 e. The summed E-state index contributed by atoms with van der Waals surface area (Å²) in [5, 5.41) is 6.01. The van der Waals surface area contributed by atoms with E-state index in [1.54, 1.807) is 0 Å². The number of rotatable bonds is 6. The highest BCUT2D eigenvalue weighted by Gasteiger charge is 2.11. The molecule has 0 fully saturated rings. The fourth-order valence-electron chi connectivity index (χ4n) is 2.56. The Morgan fingerprint density at radius 1 is 1.36 bits per heavy atom. The van der Waals surface area contributed by atoms with Crippen molar-refractivity contribution in [2.75, 3.05) is 11.9 Å². The molecular formula is C17H26N4O. The predicted octanol–water partition coefficient (Wildman–Crippen LogP) is 2.21. The summed E-state index contributed by atoms with van der Waals surface area (Å²) in [6, 6.07) is 6.53. The third kappa shape index (κ3) is 4.76. The van der Waals surface area contributed by atoms with Crippen LogP contribution < -0.4 is 16.4 Å². The van der Waals surface area contributed by atoms with Crippen LogP contribution in [0.15, 0.2) is 23.2 Å². The first-order chi connectivity index (χ1) is 10.6. The monoisotopic (exact) mass is 302 g/mol. The standard InChI is InChI=1S/C17H26N4O/c1-3-12(2)20-16(22)9-10-19-17(18)21-15-8-7-13-5-4-6-14(13)11-15/h7-8,11-12H,3-6,9-10H2,1-2H3,(H,20,22)(H3,18,19,21). The quantitative estimate of drug-likeness (QED) is 0.557. The van der Waals surface area contributed by atoms with Crippen molar-refractivity contribution in [1.82, 2.24) is 5.32 Å². The van der Waals surface area contributed by atoms with Gasteiger partial charge in [0.2, 0.25) is 5.91 Å². The third-order valence-electron chi connectivity index (χ3n) is 4.01. The molecule has 1 atom stereocenters. The van der Waals surface area contributed by atoms with Gasteiger partial charge in [-0.2, -0.15) is 0 Å². The molecule has 0 aliphatic heterocycles. The number of amides is 1. The van der Waals surface area contributed by atoms with Crippen LogP contribution in [0.3, 0.4) is 0 Å². The molecule has 0 spiro atoms. The molecule has 0 saturated heterocycles. The molecule has 0 aromatic heterocycles. The van der Waals surface area contributed by atoms with E-state index in [9.17, 15) is 4.79 Å². The Hall–Kier alpha value is -2.04. The molecule has 5 heteroatoms. The average Bonchev–Trinajstić information content (AvgIpc) is 2.94. The van der Waals surface area contributed by atoms with Crippen LogP contribution in [0.2, 0.25) is 0 Å². The van der Waals surface area contributed by atoms with Crippen molar-refractivity contribution in [1.29, 1.82) is 0 Å². The number of benzene rings is 1. The highest BCUT2D eigenvalue weighted by Crippen LogP contribution is 2.24. The molecule has 1 aliphatic carbocycles. The molecule has 0 heterocycles. The van der Waals surface area contributed by atoms with Crippen molar-refractivity contribution in [2.24, 2.45) is 10.7 Å². The molecule has 0 saturated carbocycles. The number of nitrogens with zero attached hydrogens (tertiary/aromatic N) is 1. The molecule has 1 aromatic rings. The number of hydrogen-bond acceptors (Lipinski definition) is 2. The maximum absolute atomic E-state index is 11.6. The number of carbonyl (C=O) groups is 1. The molecule has 0 bridgehead atoms. The fraction of sp³-hybridized carbons (Fsp3) is 0.529. The van der Waals surface area contributed by atoms with E-state index in [0.29, 0.717) is 18.9 Å². The summed E-state index contributed by atoms with van der Waals surface area (Å²) in [6.07, 6.45) is 4.82. The van der Waals surface area contributed by atoms with Crippen LogP contribution >= 0.6 is 0 Å². The van der Waals surface area contributed by atoms with Crippen LogP contribution in [0.1, 0.15) is 44.2 Å². The van der Waals surface area contributed by atoms with Crippen molar-refractivity contribution in [2.45, 2.75) is 52.0 Å². The van der Waals surface area contributed by atoms with Gasteiger partial charge in [-0.1, -0.05) is 13.0 Å². The lowest BCUT2D eigenvalue weighted by Crippen LogP contribution is -2.32. The molecule has 5 nitrogen and oxygen atoms in total. The molecule has 1 aromatic carbocycles.